The van der Waals surface area contributed by atoms with E-state index in [9.17, 15) is 23.6 Å². The SMILES string of the molecule is COc1cc(C=NNc2ccc(S(=O)(=O)Nc3cccc(Cl)c3)cc2[N+](=O)[O-])ccc1O. The van der Waals surface area contributed by atoms with E-state index < -0.39 is 20.6 Å². The van der Waals surface area contributed by atoms with Gasteiger partial charge in [-0.1, -0.05) is 17.7 Å². The second kappa shape index (κ2) is 9.54. The highest BCUT2D eigenvalue weighted by molar-refractivity contribution is 7.92. The number of hydrogen-bond acceptors (Lipinski definition) is 8. The van der Waals surface area contributed by atoms with Crippen molar-refractivity contribution < 1.29 is 23.2 Å². The molecule has 0 amide bonds. The Morgan fingerprint density at radius 2 is 1.94 bits per heavy atom. The van der Waals surface area contributed by atoms with E-state index >= 15 is 0 Å². The second-order valence-electron chi connectivity index (χ2n) is 6.35. The van der Waals surface area contributed by atoms with Gasteiger partial charge in [-0.2, -0.15) is 5.10 Å². The number of benzene rings is 3. The Morgan fingerprint density at radius 1 is 1.16 bits per heavy atom. The first-order chi connectivity index (χ1) is 15.2. The molecule has 166 valence electrons. The van der Waals surface area contributed by atoms with Crippen LogP contribution in [0.25, 0.3) is 0 Å². The van der Waals surface area contributed by atoms with Gasteiger partial charge in [0.2, 0.25) is 0 Å². The van der Waals surface area contributed by atoms with Crippen molar-refractivity contribution in [1.82, 2.24) is 0 Å². The largest absolute Gasteiger partial charge is 0.504 e. The van der Waals surface area contributed by atoms with Crippen LogP contribution in [-0.2, 0) is 10.0 Å². The summed E-state index contributed by atoms with van der Waals surface area (Å²) in [6.07, 6.45) is 1.36. The summed E-state index contributed by atoms with van der Waals surface area (Å²) >= 11 is 5.86. The van der Waals surface area contributed by atoms with Crippen LogP contribution in [0.1, 0.15) is 5.56 Å². The van der Waals surface area contributed by atoms with Crippen LogP contribution < -0.4 is 14.9 Å². The number of ether oxygens (including phenoxy) is 1. The Kier molecular flexibility index (Phi) is 6.81. The predicted octanol–water partition coefficient (Wildman–Crippen LogP) is 4.21. The minimum Gasteiger partial charge on any atom is -0.504 e. The van der Waals surface area contributed by atoms with Crippen LogP contribution >= 0.6 is 11.6 Å². The van der Waals surface area contributed by atoms with Crippen molar-refractivity contribution in [2.45, 2.75) is 4.90 Å². The third kappa shape index (κ3) is 5.45. The second-order valence-corrected chi connectivity index (χ2v) is 8.47. The Balaban J connectivity index is 1.83. The van der Waals surface area contributed by atoms with E-state index in [1.165, 1.54) is 49.7 Å². The van der Waals surface area contributed by atoms with Crippen molar-refractivity contribution in [3.8, 4) is 11.5 Å². The molecule has 0 bridgehead atoms. The van der Waals surface area contributed by atoms with Crippen LogP contribution in [0.4, 0.5) is 17.1 Å². The molecule has 0 radical (unpaired) electrons. The molecular formula is C20H17ClN4O6S. The number of nitro benzene ring substituents is 1. The topological polar surface area (TPSA) is 143 Å². The minimum absolute atomic E-state index is 0.0151. The molecular weight excluding hydrogens is 460 g/mol. The number of phenols is 1. The van der Waals surface area contributed by atoms with E-state index in [1.54, 1.807) is 18.2 Å². The number of hydrogen-bond donors (Lipinski definition) is 3. The van der Waals surface area contributed by atoms with Crippen LogP contribution in [0, 0.1) is 10.1 Å². The lowest BCUT2D eigenvalue weighted by atomic mass is 10.2. The van der Waals surface area contributed by atoms with Crippen molar-refractivity contribution in [2.75, 3.05) is 17.3 Å². The summed E-state index contributed by atoms with van der Waals surface area (Å²) in [4.78, 5) is 10.5. The quantitative estimate of drug-likeness (QED) is 0.251. The highest BCUT2D eigenvalue weighted by Gasteiger charge is 2.21. The maximum atomic E-state index is 12.6. The van der Waals surface area contributed by atoms with E-state index in [1.807, 2.05) is 0 Å². The average Bonchev–Trinajstić information content (AvgIpc) is 2.74. The molecule has 0 saturated carbocycles. The third-order valence-corrected chi connectivity index (χ3v) is 5.77. The van der Waals surface area contributed by atoms with Crippen molar-refractivity contribution >= 4 is 44.9 Å². The molecule has 3 rings (SSSR count). The van der Waals surface area contributed by atoms with Crippen molar-refractivity contribution in [3.63, 3.8) is 0 Å². The fourth-order valence-electron chi connectivity index (χ4n) is 2.64. The highest BCUT2D eigenvalue weighted by Crippen LogP contribution is 2.29. The third-order valence-electron chi connectivity index (χ3n) is 4.16. The van der Waals surface area contributed by atoms with Gasteiger partial charge in [0.15, 0.2) is 11.5 Å². The molecule has 0 saturated heterocycles. The molecule has 0 aliphatic carbocycles. The summed E-state index contributed by atoms with van der Waals surface area (Å²) in [5, 5.41) is 25.4. The zero-order valence-corrected chi connectivity index (χ0v) is 18.1. The fourth-order valence-corrected chi connectivity index (χ4v) is 3.90. The molecule has 0 aliphatic heterocycles. The van der Waals surface area contributed by atoms with E-state index in [4.69, 9.17) is 16.3 Å². The van der Waals surface area contributed by atoms with Crippen molar-refractivity contribution in [1.29, 1.82) is 0 Å². The molecule has 0 spiro atoms. The standard InChI is InChI=1S/C20H17ClN4O6S/c1-31-20-9-13(5-8-19(20)26)12-22-23-17-7-6-16(11-18(17)25(27)28)32(29,30)24-15-4-2-3-14(21)10-15/h2-12,23-24,26H,1H3. The first-order valence-electron chi connectivity index (χ1n) is 8.92. The monoisotopic (exact) mass is 476 g/mol. The normalized spacial score (nSPS) is 11.3. The average molecular weight is 477 g/mol. The van der Waals surface area contributed by atoms with Gasteiger partial charge in [0.25, 0.3) is 15.7 Å². The summed E-state index contributed by atoms with van der Waals surface area (Å²) < 4.78 is 32.6. The summed E-state index contributed by atoms with van der Waals surface area (Å²) in [6, 6.07) is 13.9. The molecule has 10 nitrogen and oxygen atoms in total. The molecule has 32 heavy (non-hydrogen) atoms. The van der Waals surface area contributed by atoms with E-state index in [0.29, 0.717) is 10.6 Å². The van der Waals surface area contributed by atoms with Crippen LogP contribution in [-0.4, -0.2) is 31.8 Å². The molecule has 0 unspecified atom stereocenters. The van der Waals surface area contributed by atoms with Crippen LogP contribution in [0.3, 0.4) is 0 Å². The van der Waals surface area contributed by atoms with Crippen molar-refractivity contribution in [2.24, 2.45) is 5.10 Å². The Morgan fingerprint density at radius 3 is 2.62 bits per heavy atom. The number of nitrogens with zero attached hydrogens (tertiary/aromatic N) is 2. The van der Waals surface area contributed by atoms with Gasteiger partial charge in [0.05, 0.1) is 28.8 Å². The molecule has 0 atom stereocenters. The first kappa shape index (κ1) is 22.8. The maximum absolute atomic E-state index is 12.6. The van der Waals surface area contributed by atoms with Gasteiger partial charge < -0.3 is 9.84 Å². The Hall–Kier alpha value is -3.83. The zero-order chi connectivity index (χ0) is 23.3. The number of nitro groups is 1. The van der Waals surface area contributed by atoms with Gasteiger partial charge in [-0.05, 0) is 54.1 Å². The summed E-state index contributed by atoms with van der Waals surface area (Å²) in [7, 11) is -2.70. The smallest absolute Gasteiger partial charge is 0.295 e. The minimum atomic E-state index is -4.10. The molecule has 0 aromatic heterocycles. The number of nitrogens with one attached hydrogen (secondary N) is 2. The number of aromatic hydroxyl groups is 1. The van der Waals surface area contributed by atoms with Gasteiger partial charge in [-0.25, -0.2) is 8.42 Å². The van der Waals surface area contributed by atoms with Gasteiger partial charge in [-0.3, -0.25) is 20.3 Å². The highest BCUT2D eigenvalue weighted by atomic mass is 35.5. The molecule has 0 aliphatic rings. The van der Waals surface area contributed by atoms with E-state index in [-0.39, 0.29) is 27.8 Å². The summed E-state index contributed by atoms with van der Waals surface area (Å²) in [5.41, 5.74) is 2.80. The van der Waals surface area contributed by atoms with Gasteiger partial charge in [0, 0.05) is 11.1 Å². The summed E-state index contributed by atoms with van der Waals surface area (Å²) in [6.45, 7) is 0. The number of sulfonamides is 1. The molecule has 3 aromatic carbocycles. The Bertz CT molecular complexity index is 1300. The number of phenolic OH excluding ortho intramolecular Hbond substituents is 1. The maximum Gasteiger partial charge on any atom is 0.295 e. The number of methoxy groups -OCH3 is 1. The van der Waals surface area contributed by atoms with E-state index in [0.717, 1.165) is 6.07 Å². The fraction of sp³-hybridized carbons (Fsp3) is 0.0500. The van der Waals surface area contributed by atoms with Gasteiger partial charge >= 0.3 is 0 Å². The number of halogens is 1. The molecule has 3 aromatic rings. The predicted molar refractivity (Wildman–Crippen MR) is 121 cm³/mol. The lowest BCUT2D eigenvalue weighted by Gasteiger charge is -2.09. The van der Waals surface area contributed by atoms with Crippen LogP contribution in [0.15, 0.2) is 70.7 Å². The number of hydrazone groups is 1. The van der Waals surface area contributed by atoms with E-state index in [2.05, 4.69) is 15.2 Å². The first-order valence-corrected chi connectivity index (χ1v) is 10.8. The molecule has 0 heterocycles. The van der Waals surface area contributed by atoms with Crippen LogP contribution in [0.5, 0.6) is 11.5 Å². The molecule has 0 fully saturated rings. The summed E-state index contributed by atoms with van der Waals surface area (Å²) in [5.74, 6) is 0.193. The van der Waals surface area contributed by atoms with Crippen LogP contribution in [0.2, 0.25) is 5.02 Å². The zero-order valence-electron chi connectivity index (χ0n) is 16.5. The molecule has 12 heteroatoms. The van der Waals surface area contributed by atoms with Gasteiger partial charge in [0.1, 0.15) is 5.69 Å². The lowest BCUT2D eigenvalue weighted by Crippen LogP contribution is -2.13. The van der Waals surface area contributed by atoms with Gasteiger partial charge in [-0.15, -0.1) is 0 Å². The lowest BCUT2D eigenvalue weighted by molar-refractivity contribution is -0.384. The number of rotatable bonds is 8. The molecule has 3 N–H and O–H groups in total. The van der Waals surface area contributed by atoms with Crippen molar-refractivity contribution in [3.05, 3.63) is 81.4 Å². The Labute approximate surface area is 188 Å². The number of anilines is 2.